The number of hydrogen-bond acceptors (Lipinski definition) is 6. The van der Waals surface area contributed by atoms with Crippen LogP contribution >= 0.6 is 0 Å². The van der Waals surface area contributed by atoms with Crippen LogP contribution in [-0.2, 0) is 0 Å². The van der Waals surface area contributed by atoms with Gasteiger partial charge in [-0.1, -0.05) is 0 Å². The molecular weight excluding hydrogens is 341 g/mol. The van der Waals surface area contributed by atoms with E-state index in [1.54, 1.807) is 18.2 Å². The smallest absolute Gasteiger partial charge is 0.496 e. The summed E-state index contributed by atoms with van der Waals surface area (Å²) in [5, 5.41) is 7.93. The molecule has 0 aromatic heterocycles. The van der Waals surface area contributed by atoms with E-state index >= 15 is 0 Å². The summed E-state index contributed by atoms with van der Waals surface area (Å²) in [5.41, 5.74) is 0.702. The highest BCUT2D eigenvalue weighted by Gasteiger charge is 2.34. The summed E-state index contributed by atoms with van der Waals surface area (Å²) in [5.74, 6) is -0.427. The zero-order valence-electron chi connectivity index (χ0n) is 13.5. The van der Waals surface area contributed by atoms with E-state index in [1.165, 1.54) is 33.5 Å². The lowest BCUT2D eigenvalue weighted by molar-refractivity contribution is -0.275. The van der Waals surface area contributed by atoms with Crippen molar-refractivity contribution in [2.24, 2.45) is 10.2 Å². The lowest BCUT2D eigenvalue weighted by atomic mass is 10.2. The number of nitrogens with zero attached hydrogens (tertiary/aromatic N) is 2. The van der Waals surface area contributed by atoms with Gasteiger partial charge in [0.2, 0.25) is 5.75 Å². The van der Waals surface area contributed by atoms with Gasteiger partial charge in [0.25, 0.3) is 0 Å². The number of ether oxygens (including phenoxy) is 4. The fourth-order valence-corrected chi connectivity index (χ4v) is 1.85. The maximum absolute atomic E-state index is 12.5. The predicted octanol–water partition coefficient (Wildman–Crippen LogP) is 4.83. The molecule has 9 heteroatoms. The Hall–Kier alpha value is -2.97. The molecule has 0 atom stereocenters. The number of methoxy groups -OCH3 is 3. The number of alkyl halides is 3. The van der Waals surface area contributed by atoms with Gasteiger partial charge in [-0.05, 0) is 18.2 Å². The van der Waals surface area contributed by atoms with Crippen molar-refractivity contribution in [1.82, 2.24) is 0 Å². The molecule has 0 heterocycles. The lowest BCUT2D eigenvalue weighted by Gasteiger charge is -2.15. The molecule has 0 saturated heterocycles. The summed E-state index contributed by atoms with van der Waals surface area (Å²) in [4.78, 5) is 0. The fraction of sp³-hybridized carbons (Fsp3) is 0.250. The third-order valence-corrected chi connectivity index (χ3v) is 2.93. The molecule has 2 aromatic carbocycles. The molecule has 0 aliphatic rings. The van der Waals surface area contributed by atoms with Crippen LogP contribution in [0, 0.1) is 6.07 Å². The molecule has 0 fully saturated rings. The monoisotopic (exact) mass is 355 g/mol. The van der Waals surface area contributed by atoms with Crippen LogP contribution in [0.2, 0.25) is 0 Å². The highest BCUT2D eigenvalue weighted by Crippen LogP contribution is 2.43. The zero-order valence-corrected chi connectivity index (χ0v) is 13.5. The molecule has 0 aliphatic heterocycles. The number of benzene rings is 2. The second-order valence-corrected chi connectivity index (χ2v) is 4.54. The van der Waals surface area contributed by atoms with Gasteiger partial charge in [-0.15, -0.1) is 13.2 Å². The third kappa shape index (κ3) is 5.00. The van der Waals surface area contributed by atoms with Crippen molar-refractivity contribution in [3.63, 3.8) is 0 Å². The molecule has 0 spiro atoms. The van der Waals surface area contributed by atoms with Gasteiger partial charge in [0, 0.05) is 18.2 Å². The molecule has 0 aliphatic carbocycles. The summed E-state index contributed by atoms with van der Waals surface area (Å²) in [7, 11) is 3.92. The second kappa shape index (κ2) is 7.73. The number of hydrogen-bond donors (Lipinski definition) is 0. The molecular formula is C16H14F3N2O4. The van der Waals surface area contributed by atoms with E-state index in [4.69, 9.17) is 14.2 Å². The molecule has 2 aromatic rings. The number of halogens is 3. The van der Waals surface area contributed by atoms with E-state index in [2.05, 4.69) is 21.0 Å². The first-order valence-corrected chi connectivity index (χ1v) is 6.85. The minimum Gasteiger partial charge on any atom is -0.496 e. The molecule has 25 heavy (non-hydrogen) atoms. The zero-order chi connectivity index (χ0) is 18.4. The Kier molecular flexibility index (Phi) is 5.68. The van der Waals surface area contributed by atoms with Crippen LogP contribution in [0.4, 0.5) is 24.5 Å². The lowest BCUT2D eigenvalue weighted by Crippen LogP contribution is -2.18. The highest BCUT2D eigenvalue weighted by atomic mass is 19.4. The largest absolute Gasteiger partial charge is 0.573 e. The van der Waals surface area contributed by atoms with E-state index in [0.29, 0.717) is 11.4 Å². The normalized spacial score (nSPS) is 11.4. The molecule has 0 amide bonds. The first-order chi connectivity index (χ1) is 11.9. The van der Waals surface area contributed by atoms with Crippen molar-refractivity contribution in [3.8, 4) is 23.0 Å². The Morgan fingerprint density at radius 3 is 1.92 bits per heavy atom. The van der Waals surface area contributed by atoms with Gasteiger partial charge in [-0.3, -0.25) is 0 Å². The van der Waals surface area contributed by atoms with Crippen molar-refractivity contribution in [2.75, 3.05) is 21.3 Å². The Bertz CT molecular complexity index is 721. The molecule has 6 nitrogen and oxygen atoms in total. The van der Waals surface area contributed by atoms with Gasteiger partial charge < -0.3 is 18.9 Å². The van der Waals surface area contributed by atoms with Crippen LogP contribution in [0.15, 0.2) is 40.6 Å². The van der Waals surface area contributed by atoms with Crippen LogP contribution in [0.25, 0.3) is 0 Å². The predicted molar refractivity (Wildman–Crippen MR) is 82.2 cm³/mol. The standard InChI is InChI=1S/C16H14F3N2O4/c1-22-12-6-4-10(5-7-12)20-21-11-8-13(23-2)15(14(9-11)24-3)25-16(17,18)19/h4-6,8-9H,1-3H3. The Labute approximate surface area is 141 Å². The van der Waals surface area contributed by atoms with E-state index in [1.807, 2.05) is 0 Å². The molecule has 0 bridgehead atoms. The average molecular weight is 355 g/mol. The van der Waals surface area contributed by atoms with Crippen molar-refractivity contribution in [3.05, 3.63) is 36.4 Å². The summed E-state index contributed by atoms with van der Waals surface area (Å²) in [6.45, 7) is 0. The topological polar surface area (TPSA) is 61.6 Å². The Morgan fingerprint density at radius 1 is 0.880 bits per heavy atom. The van der Waals surface area contributed by atoms with E-state index in [9.17, 15) is 13.2 Å². The Morgan fingerprint density at radius 2 is 1.48 bits per heavy atom. The molecule has 2 rings (SSSR count). The average Bonchev–Trinajstić information content (AvgIpc) is 2.59. The summed E-state index contributed by atoms with van der Waals surface area (Å²) < 4.78 is 56.3. The second-order valence-electron chi connectivity index (χ2n) is 4.54. The van der Waals surface area contributed by atoms with E-state index in [-0.39, 0.29) is 17.2 Å². The fourth-order valence-electron chi connectivity index (χ4n) is 1.85. The van der Waals surface area contributed by atoms with Crippen LogP contribution < -0.4 is 18.9 Å². The first-order valence-electron chi connectivity index (χ1n) is 6.85. The summed E-state index contributed by atoms with van der Waals surface area (Å²) in [6, 6.07) is 10.2. The molecule has 0 saturated carbocycles. The van der Waals surface area contributed by atoms with Crippen LogP contribution in [0.1, 0.15) is 0 Å². The van der Waals surface area contributed by atoms with Crippen molar-refractivity contribution < 1.29 is 32.1 Å². The minimum absolute atomic E-state index is 0.188. The maximum atomic E-state index is 12.5. The van der Waals surface area contributed by atoms with Gasteiger partial charge in [-0.25, -0.2) is 0 Å². The quantitative estimate of drug-likeness (QED) is 0.697. The maximum Gasteiger partial charge on any atom is 0.573 e. The first kappa shape index (κ1) is 18.4. The van der Waals surface area contributed by atoms with Crippen LogP contribution in [-0.4, -0.2) is 27.7 Å². The van der Waals surface area contributed by atoms with Gasteiger partial charge in [0.05, 0.1) is 32.7 Å². The minimum atomic E-state index is -4.89. The molecule has 0 N–H and O–H groups in total. The van der Waals surface area contributed by atoms with Gasteiger partial charge in [0.15, 0.2) is 11.5 Å². The molecule has 133 valence electrons. The highest BCUT2D eigenvalue weighted by molar-refractivity contribution is 5.60. The van der Waals surface area contributed by atoms with Crippen molar-refractivity contribution >= 4 is 11.4 Å². The number of azo groups is 1. The van der Waals surface area contributed by atoms with Gasteiger partial charge in [-0.2, -0.15) is 10.2 Å². The summed E-state index contributed by atoms with van der Waals surface area (Å²) in [6.07, 6.45) is -4.89. The SMILES string of the molecule is COc1[c]cc(N=Nc2cc(OC)c(OC(F)(F)F)c(OC)c2)cc1. The van der Waals surface area contributed by atoms with E-state index < -0.39 is 12.1 Å². The summed E-state index contributed by atoms with van der Waals surface area (Å²) >= 11 is 0. The molecule has 1 radical (unpaired) electrons. The van der Waals surface area contributed by atoms with Crippen molar-refractivity contribution in [2.45, 2.75) is 6.36 Å². The molecule has 0 unspecified atom stereocenters. The van der Waals surface area contributed by atoms with Crippen molar-refractivity contribution in [1.29, 1.82) is 0 Å². The third-order valence-electron chi connectivity index (χ3n) is 2.93. The van der Waals surface area contributed by atoms with E-state index in [0.717, 1.165) is 0 Å². The van der Waals surface area contributed by atoms with Gasteiger partial charge in [0.1, 0.15) is 5.75 Å². The Balaban J connectivity index is 2.33. The van der Waals surface area contributed by atoms with Crippen LogP contribution in [0.5, 0.6) is 23.0 Å². The number of rotatable bonds is 6. The van der Waals surface area contributed by atoms with Crippen LogP contribution in [0.3, 0.4) is 0 Å². The van der Waals surface area contributed by atoms with Gasteiger partial charge >= 0.3 is 6.36 Å².